The minimum Gasteiger partial charge on any atom is -0.487 e. The second-order valence-electron chi connectivity index (χ2n) is 6.43. The minimum atomic E-state index is -0.989. The fourth-order valence-corrected chi connectivity index (χ4v) is 1.46. The summed E-state index contributed by atoms with van der Waals surface area (Å²) in [6, 6.07) is 4.84. The Hall–Kier alpha value is -1.13. The lowest BCUT2D eigenvalue weighted by molar-refractivity contribution is 0.0267. The molecule has 1 aromatic carbocycles. The second kappa shape index (κ2) is 5.88. The van der Waals surface area contributed by atoms with Gasteiger partial charge in [0.15, 0.2) is 11.6 Å². The molecule has 0 atom stereocenters. The van der Waals surface area contributed by atoms with E-state index in [4.69, 9.17) is 4.74 Å². The van der Waals surface area contributed by atoms with Crippen molar-refractivity contribution in [2.75, 3.05) is 6.61 Å². The van der Waals surface area contributed by atoms with E-state index in [0.29, 0.717) is 6.54 Å². The van der Waals surface area contributed by atoms with Crippen molar-refractivity contribution in [2.45, 2.75) is 52.3 Å². The van der Waals surface area contributed by atoms with Crippen LogP contribution in [0.1, 0.15) is 40.2 Å². The molecule has 3 nitrogen and oxygen atoms in total. The van der Waals surface area contributed by atoms with Crippen molar-refractivity contribution in [3.05, 3.63) is 29.6 Å². The molecule has 1 aromatic rings. The van der Waals surface area contributed by atoms with Crippen LogP contribution < -0.4 is 10.1 Å². The van der Waals surface area contributed by atoms with Gasteiger partial charge in [0.05, 0.1) is 5.60 Å². The zero-order valence-electron chi connectivity index (χ0n) is 12.4. The highest BCUT2D eigenvalue weighted by Gasteiger charge is 2.18. The van der Waals surface area contributed by atoms with E-state index in [9.17, 15) is 9.50 Å². The Balaban J connectivity index is 2.83. The zero-order valence-corrected chi connectivity index (χ0v) is 12.4. The third-order valence-corrected chi connectivity index (χ3v) is 2.43. The number of ether oxygens (including phenoxy) is 1. The second-order valence-corrected chi connectivity index (χ2v) is 6.43. The van der Waals surface area contributed by atoms with Gasteiger partial charge in [-0.2, -0.15) is 0 Å². The van der Waals surface area contributed by atoms with Crippen LogP contribution in [0.15, 0.2) is 18.2 Å². The van der Waals surface area contributed by atoms with Gasteiger partial charge in [-0.1, -0.05) is 12.1 Å². The molecule has 0 aliphatic heterocycles. The number of hydrogen-bond acceptors (Lipinski definition) is 3. The SMILES string of the molecule is CC(C)(O)COc1c(F)cccc1CNC(C)(C)C. The van der Waals surface area contributed by atoms with Crippen molar-refractivity contribution in [2.24, 2.45) is 0 Å². The number of halogens is 1. The van der Waals surface area contributed by atoms with Gasteiger partial charge < -0.3 is 15.2 Å². The monoisotopic (exact) mass is 269 g/mol. The molecule has 0 amide bonds. The summed E-state index contributed by atoms with van der Waals surface area (Å²) in [5.74, 6) is -0.196. The Labute approximate surface area is 114 Å². The molecule has 0 fully saturated rings. The van der Waals surface area contributed by atoms with E-state index in [1.807, 2.05) is 26.8 Å². The third-order valence-electron chi connectivity index (χ3n) is 2.43. The van der Waals surface area contributed by atoms with Crippen molar-refractivity contribution in [1.29, 1.82) is 0 Å². The summed E-state index contributed by atoms with van der Waals surface area (Å²) in [6.45, 7) is 9.96. The maximum Gasteiger partial charge on any atom is 0.165 e. The van der Waals surface area contributed by atoms with Crippen LogP contribution in [-0.2, 0) is 6.54 Å². The van der Waals surface area contributed by atoms with Gasteiger partial charge in [-0.15, -0.1) is 0 Å². The van der Waals surface area contributed by atoms with Gasteiger partial charge >= 0.3 is 0 Å². The molecule has 1 rings (SSSR count). The summed E-state index contributed by atoms with van der Waals surface area (Å²) in [7, 11) is 0. The maximum absolute atomic E-state index is 13.8. The summed E-state index contributed by atoms with van der Waals surface area (Å²) < 4.78 is 19.2. The summed E-state index contributed by atoms with van der Waals surface area (Å²) in [5, 5.41) is 13.0. The number of nitrogens with one attached hydrogen (secondary N) is 1. The van der Waals surface area contributed by atoms with Crippen LogP contribution >= 0.6 is 0 Å². The first-order valence-corrected chi connectivity index (χ1v) is 6.46. The molecule has 2 N–H and O–H groups in total. The van der Waals surface area contributed by atoms with Crippen molar-refractivity contribution < 1.29 is 14.2 Å². The van der Waals surface area contributed by atoms with Gasteiger partial charge in [-0.25, -0.2) is 4.39 Å². The molecule has 108 valence electrons. The van der Waals surface area contributed by atoms with E-state index in [1.54, 1.807) is 19.9 Å². The average Bonchev–Trinajstić information content (AvgIpc) is 2.22. The van der Waals surface area contributed by atoms with Crippen molar-refractivity contribution >= 4 is 0 Å². The van der Waals surface area contributed by atoms with E-state index < -0.39 is 11.4 Å². The highest BCUT2D eigenvalue weighted by Crippen LogP contribution is 2.24. The summed E-state index contributed by atoms with van der Waals surface area (Å²) in [4.78, 5) is 0. The fraction of sp³-hybridized carbons (Fsp3) is 0.600. The lowest BCUT2D eigenvalue weighted by Crippen LogP contribution is -2.35. The first-order valence-electron chi connectivity index (χ1n) is 6.46. The fourth-order valence-electron chi connectivity index (χ4n) is 1.46. The normalized spacial score (nSPS) is 12.6. The van der Waals surface area contributed by atoms with E-state index in [0.717, 1.165) is 5.56 Å². The van der Waals surface area contributed by atoms with Gasteiger partial charge in [-0.05, 0) is 40.7 Å². The summed E-state index contributed by atoms with van der Waals surface area (Å²) in [5.41, 5.74) is -0.296. The van der Waals surface area contributed by atoms with Crippen LogP contribution in [0.3, 0.4) is 0 Å². The summed E-state index contributed by atoms with van der Waals surface area (Å²) in [6.07, 6.45) is 0. The third kappa shape index (κ3) is 6.03. The highest BCUT2D eigenvalue weighted by atomic mass is 19.1. The number of benzene rings is 1. The quantitative estimate of drug-likeness (QED) is 0.863. The van der Waals surface area contributed by atoms with Crippen LogP contribution in [0.4, 0.5) is 4.39 Å². The Morgan fingerprint density at radius 3 is 2.37 bits per heavy atom. The van der Waals surface area contributed by atoms with E-state index in [-0.39, 0.29) is 17.9 Å². The van der Waals surface area contributed by atoms with Gasteiger partial charge in [-0.3, -0.25) is 0 Å². The van der Waals surface area contributed by atoms with Crippen LogP contribution in [0.5, 0.6) is 5.75 Å². The average molecular weight is 269 g/mol. The molecule has 19 heavy (non-hydrogen) atoms. The molecule has 0 unspecified atom stereocenters. The predicted molar refractivity (Wildman–Crippen MR) is 74.8 cm³/mol. The van der Waals surface area contributed by atoms with E-state index >= 15 is 0 Å². The van der Waals surface area contributed by atoms with E-state index in [1.165, 1.54) is 6.07 Å². The maximum atomic E-state index is 13.8. The van der Waals surface area contributed by atoms with Gasteiger partial charge in [0.2, 0.25) is 0 Å². The first kappa shape index (κ1) is 15.9. The Kier molecular flexibility index (Phi) is 4.93. The Morgan fingerprint density at radius 2 is 1.84 bits per heavy atom. The van der Waals surface area contributed by atoms with Gasteiger partial charge in [0, 0.05) is 17.6 Å². The summed E-state index contributed by atoms with van der Waals surface area (Å²) >= 11 is 0. The Morgan fingerprint density at radius 1 is 1.21 bits per heavy atom. The highest BCUT2D eigenvalue weighted by molar-refractivity contribution is 5.35. The zero-order chi connectivity index (χ0) is 14.7. The van der Waals surface area contributed by atoms with Crippen molar-refractivity contribution in [3.8, 4) is 5.75 Å². The molecule has 0 saturated carbocycles. The Bertz CT molecular complexity index is 419. The number of rotatable bonds is 5. The molecule has 0 radical (unpaired) electrons. The first-order chi connectivity index (χ1) is 8.58. The predicted octanol–water partition coefficient (Wildman–Crippen LogP) is 2.86. The van der Waals surface area contributed by atoms with Crippen molar-refractivity contribution in [3.63, 3.8) is 0 Å². The van der Waals surface area contributed by atoms with Crippen LogP contribution in [0.2, 0.25) is 0 Å². The molecule has 0 spiro atoms. The van der Waals surface area contributed by atoms with Crippen LogP contribution in [0, 0.1) is 5.82 Å². The number of para-hydroxylation sites is 1. The number of hydrogen-bond donors (Lipinski definition) is 2. The van der Waals surface area contributed by atoms with E-state index in [2.05, 4.69) is 5.32 Å². The molecular weight excluding hydrogens is 245 g/mol. The van der Waals surface area contributed by atoms with Crippen molar-refractivity contribution in [1.82, 2.24) is 5.32 Å². The lowest BCUT2D eigenvalue weighted by atomic mass is 10.1. The van der Waals surface area contributed by atoms with Crippen LogP contribution in [0.25, 0.3) is 0 Å². The molecule has 4 heteroatoms. The molecule has 0 aromatic heterocycles. The molecule has 0 aliphatic carbocycles. The molecular formula is C15H24FNO2. The van der Waals surface area contributed by atoms with Gasteiger partial charge in [0.25, 0.3) is 0 Å². The topological polar surface area (TPSA) is 41.5 Å². The molecule has 0 saturated heterocycles. The molecule has 0 bridgehead atoms. The van der Waals surface area contributed by atoms with Crippen LogP contribution in [-0.4, -0.2) is 22.9 Å². The molecule has 0 aliphatic rings. The number of aliphatic hydroxyl groups is 1. The smallest absolute Gasteiger partial charge is 0.165 e. The standard InChI is InChI=1S/C15H24FNO2/c1-14(2,3)17-9-11-7-6-8-12(16)13(11)19-10-15(4,5)18/h6-8,17-18H,9-10H2,1-5H3. The minimum absolute atomic E-state index is 0.0520. The largest absolute Gasteiger partial charge is 0.487 e. The van der Waals surface area contributed by atoms with Gasteiger partial charge in [0.1, 0.15) is 6.61 Å². The lowest BCUT2D eigenvalue weighted by Gasteiger charge is -2.23. The molecule has 0 heterocycles.